The van der Waals surface area contributed by atoms with Crippen LogP contribution in [-0.4, -0.2) is 32.9 Å². The van der Waals surface area contributed by atoms with Gasteiger partial charge in [0.15, 0.2) is 17.4 Å². The third-order valence-corrected chi connectivity index (χ3v) is 4.26. The van der Waals surface area contributed by atoms with Crippen LogP contribution in [0.4, 0.5) is 4.39 Å². The van der Waals surface area contributed by atoms with Gasteiger partial charge in [-0.05, 0) is 45.7 Å². The molecular weight excluding hydrogens is 335 g/mol. The van der Waals surface area contributed by atoms with Crippen molar-refractivity contribution >= 4 is 5.91 Å². The number of hydrogen-bond donors (Lipinski definition) is 1. The quantitative estimate of drug-likeness (QED) is 0.908. The third kappa shape index (κ3) is 3.83. The fourth-order valence-corrected chi connectivity index (χ4v) is 3.05. The summed E-state index contributed by atoms with van der Waals surface area (Å²) in [5.74, 6) is 0.240. The van der Waals surface area contributed by atoms with E-state index in [9.17, 15) is 9.18 Å². The molecule has 138 valence electrons. The molecule has 0 aliphatic carbocycles. The summed E-state index contributed by atoms with van der Waals surface area (Å²) in [7, 11) is 0. The number of likely N-dealkylation sites (tertiary alicyclic amines) is 1. The fourth-order valence-electron chi connectivity index (χ4n) is 3.05. The van der Waals surface area contributed by atoms with Crippen molar-refractivity contribution in [1.29, 1.82) is 0 Å². The molecule has 2 aromatic rings. The summed E-state index contributed by atoms with van der Waals surface area (Å²) < 4.78 is 19.4. The van der Waals surface area contributed by atoms with E-state index in [-0.39, 0.29) is 23.6 Å². The minimum atomic E-state index is -0.959. The largest absolute Gasteiger partial charge is 0.436 e. The normalized spacial score (nSPS) is 17.4. The number of hydrogen-bond acceptors (Lipinski definition) is 5. The maximum atomic E-state index is 13.8. The van der Waals surface area contributed by atoms with Crippen LogP contribution in [0.5, 0.6) is 11.6 Å². The Balaban J connectivity index is 1.90. The Morgan fingerprint density at radius 2 is 2.08 bits per heavy atom. The number of aryl methyl sites for hydroxylation is 1. The van der Waals surface area contributed by atoms with E-state index in [4.69, 9.17) is 10.5 Å². The Morgan fingerprint density at radius 1 is 1.35 bits per heavy atom. The predicted molar refractivity (Wildman–Crippen MR) is 95.2 cm³/mol. The molecule has 1 amide bonds. The summed E-state index contributed by atoms with van der Waals surface area (Å²) in [5, 5.41) is 0. The molecule has 1 aromatic heterocycles. The van der Waals surface area contributed by atoms with Crippen molar-refractivity contribution in [3.05, 3.63) is 47.7 Å². The molecule has 3 rings (SSSR count). The molecule has 0 radical (unpaired) electrons. The summed E-state index contributed by atoms with van der Waals surface area (Å²) >= 11 is 0. The van der Waals surface area contributed by atoms with Crippen molar-refractivity contribution in [2.24, 2.45) is 5.73 Å². The molecule has 1 atom stereocenters. The summed E-state index contributed by atoms with van der Waals surface area (Å²) in [6.07, 6.45) is 1.61. The zero-order valence-electron chi connectivity index (χ0n) is 15.2. The van der Waals surface area contributed by atoms with Gasteiger partial charge in [-0.1, -0.05) is 12.1 Å². The minimum absolute atomic E-state index is 0.0963. The molecule has 1 aliphatic rings. The predicted octanol–water partition coefficient (Wildman–Crippen LogP) is 3.12. The number of carbonyl (C=O) groups is 1. The van der Waals surface area contributed by atoms with Gasteiger partial charge in [-0.2, -0.15) is 4.98 Å². The number of para-hydroxylation sites is 1. The first-order valence-electron chi connectivity index (χ1n) is 8.63. The van der Waals surface area contributed by atoms with Crippen molar-refractivity contribution in [3.8, 4) is 11.6 Å². The Labute approximate surface area is 152 Å². The summed E-state index contributed by atoms with van der Waals surface area (Å²) in [6.45, 7) is 5.81. The highest BCUT2D eigenvalue weighted by atomic mass is 19.1. The van der Waals surface area contributed by atoms with Crippen LogP contribution in [0.3, 0.4) is 0 Å². The molecule has 0 bridgehead atoms. The van der Waals surface area contributed by atoms with Gasteiger partial charge in [0.05, 0.1) is 11.6 Å². The molecule has 1 aromatic carbocycles. The van der Waals surface area contributed by atoms with E-state index in [1.807, 2.05) is 6.92 Å². The second-order valence-corrected chi connectivity index (χ2v) is 7.12. The van der Waals surface area contributed by atoms with Crippen LogP contribution in [-0.2, 0) is 4.79 Å². The molecule has 0 saturated carbocycles. The van der Waals surface area contributed by atoms with E-state index < -0.39 is 11.4 Å². The Kier molecular flexibility index (Phi) is 4.91. The van der Waals surface area contributed by atoms with Crippen LogP contribution in [0.1, 0.15) is 44.2 Å². The van der Waals surface area contributed by atoms with Gasteiger partial charge >= 0.3 is 0 Å². The smallest absolute Gasteiger partial charge is 0.242 e. The standard InChI is InChI=1S/C19H23FN4O2/c1-12-11-16(26-15-9-5-4-7-13(15)20)23-17(22-12)14-8-6-10-24(14)18(25)19(2,3)21/h4-5,7,9,11,14H,6,8,10,21H2,1-3H3/t14-/m0/s1. The van der Waals surface area contributed by atoms with Crippen molar-refractivity contribution < 1.29 is 13.9 Å². The van der Waals surface area contributed by atoms with Crippen molar-refractivity contribution in [2.45, 2.75) is 45.2 Å². The number of benzene rings is 1. The lowest BCUT2D eigenvalue weighted by atomic mass is 10.0. The lowest BCUT2D eigenvalue weighted by molar-refractivity contribution is -0.136. The van der Waals surface area contributed by atoms with Gasteiger partial charge in [0.1, 0.15) is 0 Å². The van der Waals surface area contributed by atoms with Crippen molar-refractivity contribution in [2.75, 3.05) is 6.54 Å². The number of carbonyl (C=O) groups excluding carboxylic acids is 1. The zero-order chi connectivity index (χ0) is 18.9. The van der Waals surface area contributed by atoms with E-state index in [1.165, 1.54) is 12.1 Å². The molecular formula is C19H23FN4O2. The van der Waals surface area contributed by atoms with Gasteiger partial charge < -0.3 is 15.4 Å². The van der Waals surface area contributed by atoms with E-state index in [0.29, 0.717) is 18.1 Å². The van der Waals surface area contributed by atoms with Gasteiger partial charge in [0.2, 0.25) is 11.8 Å². The first kappa shape index (κ1) is 18.3. The summed E-state index contributed by atoms with van der Waals surface area (Å²) in [5.41, 5.74) is 5.71. The number of nitrogens with two attached hydrogens (primary N) is 1. The van der Waals surface area contributed by atoms with Gasteiger partial charge in [-0.25, -0.2) is 9.37 Å². The number of aromatic nitrogens is 2. The number of rotatable bonds is 4. The number of nitrogens with zero attached hydrogens (tertiary/aromatic N) is 3. The Morgan fingerprint density at radius 3 is 2.77 bits per heavy atom. The highest BCUT2D eigenvalue weighted by molar-refractivity contribution is 5.85. The molecule has 2 heterocycles. The Bertz CT molecular complexity index is 819. The summed E-state index contributed by atoms with van der Waals surface area (Å²) in [6, 6.07) is 7.53. The van der Waals surface area contributed by atoms with Crippen LogP contribution in [0.25, 0.3) is 0 Å². The molecule has 26 heavy (non-hydrogen) atoms. The van der Waals surface area contributed by atoms with Crippen LogP contribution in [0.15, 0.2) is 30.3 Å². The van der Waals surface area contributed by atoms with E-state index in [1.54, 1.807) is 36.9 Å². The maximum absolute atomic E-state index is 13.8. The average Bonchev–Trinajstić information content (AvgIpc) is 3.04. The second-order valence-electron chi connectivity index (χ2n) is 7.12. The van der Waals surface area contributed by atoms with Crippen LogP contribution >= 0.6 is 0 Å². The van der Waals surface area contributed by atoms with Gasteiger partial charge in [-0.15, -0.1) is 0 Å². The monoisotopic (exact) mass is 358 g/mol. The topological polar surface area (TPSA) is 81.3 Å². The first-order chi connectivity index (χ1) is 12.3. The molecule has 2 N–H and O–H groups in total. The molecule has 0 unspecified atom stereocenters. The van der Waals surface area contributed by atoms with Gasteiger partial charge in [0, 0.05) is 18.3 Å². The number of halogens is 1. The molecule has 1 aliphatic heterocycles. The SMILES string of the molecule is Cc1cc(Oc2ccccc2F)nc([C@@H]2CCCN2C(=O)C(C)(C)N)n1. The fraction of sp³-hybridized carbons (Fsp3) is 0.421. The number of amides is 1. The molecule has 1 saturated heterocycles. The van der Waals surface area contributed by atoms with E-state index in [0.717, 1.165) is 12.8 Å². The zero-order valence-corrected chi connectivity index (χ0v) is 15.2. The van der Waals surface area contributed by atoms with Gasteiger partial charge in [-0.3, -0.25) is 4.79 Å². The van der Waals surface area contributed by atoms with Crippen LogP contribution < -0.4 is 10.5 Å². The lowest BCUT2D eigenvalue weighted by Crippen LogP contribution is -2.50. The molecule has 1 fully saturated rings. The van der Waals surface area contributed by atoms with Crippen molar-refractivity contribution in [3.63, 3.8) is 0 Å². The van der Waals surface area contributed by atoms with Crippen LogP contribution in [0, 0.1) is 12.7 Å². The highest BCUT2D eigenvalue weighted by Crippen LogP contribution is 2.33. The number of ether oxygens (including phenoxy) is 1. The lowest BCUT2D eigenvalue weighted by Gasteiger charge is -2.30. The van der Waals surface area contributed by atoms with E-state index >= 15 is 0 Å². The van der Waals surface area contributed by atoms with Crippen LogP contribution in [0.2, 0.25) is 0 Å². The molecule has 0 spiro atoms. The third-order valence-electron chi connectivity index (χ3n) is 4.26. The average molecular weight is 358 g/mol. The van der Waals surface area contributed by atoms with Crippen molar-refractivity contribution in [1.82, 2.24) is 14.9 Å². The minimum Gasteiger partial charge on any atom is -0.436 e. The second kappa shape index (κ2) is 6.99. The first-order valence-corrected chi connectivity index (χ1v) is 8.63. The van der Waals surface area contributed by atoms with Gasteiger partial charge in [0.25, 0.3) is 0 Å². The summed E-state index contributed by atoms with van der Waals surface area (Å²) in [4.78, 5) is 23.3. The maximum Gasteiger partial charge on any atom is 0.242 e. The molecule has 6 nitrogen and oxygen atoms in total. The Hall–Kier alpha value is -2.54. The molecule has 7 heteroatoms. The highest BCUT2D eigenvalue weighted by Gasteiger charge is 2.37. The van der Waals surface area contributed by atoms with E-state index in [2.05, 4.69) is 9.97 Å².